The summed E-state index contributed by atoms with van der Waals surface area (Å²) in [5, 5.41) is 22.7. The van der Waals surface area contributed by atoms with Gasteiger partial charge in [0.05, 0.1) is 0 Å². The lowest BCUT2D eigenvalue weighted by atomic mass is 9.84. The number of aromatic hydroxyl groups is 2. The van der Waals surface area contributed by atoms with Crippen molar-refractivity contribution in [2.75, 3.05) is 0 Å². The molecule has 0 aliphatic heterocycles. The monoisotopic (exact) mass is 263 g/mol. The summed E-state index contributed by atoms with van der Waals surface area (Å²) in [6.45, 7) is 4.36. The van der Waals surface area contributed by atoms with Crippen LogP contribution in [-0.4, -0.2) is 16.3 Å². The van der Waals surface area contributed by atoms with Crippen LogP contribution in [0.2, 0.25) is 0 Å². The van der Waals surface area contributed by atoms with Crippen LogP contribution in [0.3, 0.4) is 0 Å². The predicted octanol–water partition coefficient (Wildman–Crippen LogP) is 3.72. The first-order valence-corrected chi connectivity index (χ1v) is 7.37. The van der Waals surface area contributed by atoms with Gasteiger partial charge in [-0.05, 0) is 56.2 Å². The molecule has 19 heavy (non-hydrogen) atoms. The molecule has 1 aliphatic carbocycles. The molecule has 0 heterocycles. The second kappa shape index (κ2) is 6.29. The van der Waals surface area contributed by atoms with Crippen molar-refractivity contribution in [2.45, 2.75) is 58.0 Å². The first-order valence-electron chi connectivity index (χ1n) is 7.37. The zero-order valence-electron chi connectivity index (χ0n) is 11.9. The van der Waals surface area contributed by atoms with Gasteiger partial charge in [0.2, 0.25) is 0 Å². The van der Waals surface area contributed by atoms with Gasteiger partial charge in [0.15, 0.2) is 0 Å². The van der Waals surface area contributed by atoms with Crippen molar-refractivity contribution < 1.29 is 10.2 Å². The van der Waals surface area contributed by atoms with Crippen LogP contribution in [0.15, 0.2) is 18.2 Å². The molecule has 1 fully saturated rings. The van der Waals surface area contributed by atoms with Crippen molar-refractivity contribution in [2.24, 2.45) is 5.92 Å². The minimum atomic E-state index is 0.123. The van der Waals surface area contributed by atoms with Crippen LogP contribution >= 0.6 is 0 Å². The average molecular weight is 263 g/mol. The molecule has 1 atom stereocenters. The van der Waals surface area contributed by atoms with E-state index in [4.69, 9.17) is 0 Å². The number of phenols is 2. The third kappa shape index (κ3) is 3.87. The molecule has 1 aromatic carbocycles. The highest BCUT2D eigenvalue weighted by molar-refractivity contribution is 5.37. The van der Waals surface area contributed by atoms with E-state index >= 15 is 0 Å². The smallest absolute Gasteiger partial charge is 0.119 e. The molecule has 0 saturated heterocycles. The van der Waals surface area contributed by atoms with Gasteiger partial charge in [0, 0.05) is 18.2 Å². The van der Waals surface area contributed by atoms with E-state index in [0.717, 1.165) is 11.5 Å². The quantitative estimate of drug-likeness (QED) is 0.776. The summed E-state index contributed by atoms with van der Waals surface area (Å²) in [6, 6.07) is 5.51. The van der Waals surface area contributed by atoms with Gasteiger partial charge in [-0.1, -0.05) is 13.3 Å². The van der Waals surface area contributed by atoms with Gasteiger partial charge in [-0.3, -0.25) is 0 Å². The third-order valence-corrected chi connectivity index (χ3v) is 4.33. The van der Waals surface area contributed by atoms with Crippen LogP contribution in [-0.2, 0) is 0 Å². The fourth-order valence-electron chi connectivity index (χ4n) is 3.06. The predicted molar refractivity (Wildman–Crippen MR) is 77.4 cm³/mol. The highest BCUT2D eigenvalue weighted by Gasteiger charge is 2.21. The van der Waals surface area contributed by atoms with E-state index < -0.39 is 0 Å². The van der Waals surface area contributed by atoms with E-state index in [1.807, 2.05) is 0 Å². The number of hydrogen-bond acceptors (Lipinski definition) is 3. The molecule has 1 aromatic rings. The summed E-state index contributed by atoms with van der Waals surface area (Å²) in [5.74, 6) is 1.15. The normalized spacial score (nSPS) is 25.2. The van der Waals surface area contributed by atoms with E-state index in [1.165, 1.54) is 38.2 Å². The molecular formula is C16H25NO2. The van der Waals surface area contributed by atoms with E-state index in [1.54, 1.807) is 12.1 Å². The molecule has 0 radical (unpaired) electrons. The Balaban J connectivity index is 1.92. The molecule has 106 valence electrons. The Morgan fingerprint density at radius 3 is 2.21 bits per heavy atom. The van der Waals surface area contributed by atoms with Crippen molar-refractivity contribution in [3.8, 4) is 11.5 Å². The lowest BCUT2D eigenvalue weighted by Crippen LogP contribution is -2.34. The van der Waals surface area contributed by atoms with Gasteiger partial charge < -0.3 is 15.5 Å². The van der Waals surface area contributed by atoms with Crippen LogP contribution in [0.1, 0.15) is 57.6 Å². The molecule has 0 bridgehead atoms. The van der Waals surface area contributed by atoms with Crippen molar-refractivity contribution in [3.63, 3.8) is 0 Å². The number of phenolic OH excluding ortho intramolecular Hbond substituents is 2. The van der Waals surface area contributed by atoms with E-state index in [2.05, 4.69) is 19.2 Å². The molecule has 1 unspecified atom stereocenters. The van der Waals surface area contributed by atoms with Gasteiger partial charge in [0.1, 0.15) is 11.5 Å². The molecular weight excluding hydrogens is 238 g/mol. The topological polar surface area (TPSA) is 52.5 Å². The van der Waals surface area contributed by atoms with Gasteiger partial charge in [-0.25, -0.2) is 0 Å². The lowest BCUT2D eigenvalue weighted by molar-refractivity contribution is 0.273. The zero-order valence-corrected chi connectivity index (χ0v) is 11.9. The zero-order chi connectivity index (χ0) is 13.8. The van der Waals surface area contributed by atoms with Crippen molar-refractivity contribution in [1.82, 2.24) is 5.32 Å². The molecule has 3 N–H and O–H groups in total. The van der Waals surface area contributed by atoms with Gasteiger partial charge in [-0.15, -0.1) is 0 Å². The molecule has 0 amide bonds. The highest BCUT2D eigenvalue weighted by Crippen LogP contribution is 2.29. The summed E-state index contributed by atoms with van der Waals surface area (Å²) in [6.07, 6.45) is 6.38. The lowest BCUT2D eigenvalue weighted by Gasteiger charge is -2.31. The fraction of sp³-hybridized carbons (Fsp3) is 0.625. The van der Waals surface area contributed by atoms with Crippen LogP contribution in [0.25, 0.3) is 0 Å². The van der Waals surface area contributed by atoms with Crippen LogP contribution < -0.4 is 5.32 Å². The second-order valence-electron chi connectivity index (χ2n) is 5.80. The Morgan fingerprint density at radius 2 is 1.68 bits per heavy atom. The Bertz CT molecular complexity index is 391. The molecule has 3 heteroatoms. The van der Waals surface area contributed by atoms with E-state index in [9.17, 15) is 10.2 Å². The molecule has 1 aliphatic rings. The summed E-state index contributed by atoms with van der Waals surface area (Å²) in [4.78, 5) is 0. The molecule has 1 saturated carbocycles. The van der Waals surface area contributed by atoms with Crippen LogP contribution in [0.4, 0.5) is 0 Å². The van der Waals surface area contributed by atoms with Crippen molar-refractivity contribution in [1.29, 1.82) is 0 Å². The maximum atomic E-state index is 9.53. The van der Waals surface area contributed by atoms with Gasteiger partial charge in [0.25, 0.3) is 0 Å². The van der Waals surface area contributed by atoms with Crippen molar-refractivity contribution in [3.05, 3.63) is 23.8 Å². The SMILES string of the molecule is CCC1CCC(NC(C)c2cc(O)cc(O)c2)CC1. The fourth-order valence-corrected chi connectivity index (χ4v) is 3.06. The maximum Gasteiger partial charge on any atom is 0.119 e. The second-order valence-corrected chi connectivity index (χ2v) is 5.80. The highest BCUT2D eigenvalue weighted by atomic mass is 16.3. The summed E-state index contributed by atoms with van der Waals surface area (Å²) in [5.41, 5.74) is 0.940. The number of nitrogens with one attached hydrogen (secondary N) is 1. The van der Waals surface area contributed by atoms with Crippen molar-refractivity contribution >= 4 is 0 Å². The van der Waals surface area contributed by atoms with E-state index in [-0.39, 0.29) is 17.5 Å². The molecule has 3 nitrogen and oxygen atoms in total. The first-order chi connectivity index (χ1) is 9.08. The van der Waals surface area contributed by atoms with Gasteiger partial charge in [-0.2, -0.15) is 0 Å². The Morgan fingerprint density at radius 1 is 1.11 bits per heavy atom. The largest absolute Gasteiger partial charge is 0.508 e. The molecule has 2 rings (SSSR count). The molecule has 0 aromatic heterocycles. The summed E-state index contributed by atoms with van der Waals surface area (Å²) in [7, 11) is 0. The van der Waals surface area contributed by atoms with Crippen LogP contribution in [0, 0.1) is 5.92 Å². The summed E-state index contributed by atoms with van der Waals surface area (Å²) < 4.78 is 0. The maximum absolute atomic E-state index is 9.53. The minimum absolute atomic E-state index is 0.123. The number of rotatable bonds is 4. The van der Waals surface area contributed by atoms with Gasteiger partial charge >= 0.3 is 0 Å². The van der Waals surface area contributed by atoms with E-state index in [0.29, 0.717) is 6.04 Å². The third-order valence-electron chi connectivity index (χ3n) is 4.33. The molecule has 0 spiro atoms. The first kappa shape index (κ1) is 14.2. The average Bonchev–Trinajstić information content (AvgIpc) is 2.38. The number of hydrogen-bond donors (Lipinski definition) is 3. The Labute approximate surface area is 115 Å². The standard InChI is InChI=1S/C16H25NO2/c1-3-12-4-6-14(7-5-12)17-11(2)13-8-15(18)10-16(19)9-13/h8-12,14,17-19H,3-7H2,1-2H3. The van der Waals surface area contributed by atoms with Crippen LogP contribution in [0.5, 0.6) is 11.5 Å². The Hall–Kier alpha value is -1.22. The number of benzene rings is 1. The minimum Gasteiger partial charge on any atom is -0.508 e. The Kier molecular flexibility index (Phi) is 4.70. The summed E-state index contributed by atoms with van der Waals surface area (Å²) >= 11 is 0.